The molecule has 1 N–H and O–H groups in total. The van der Waals surface area contributed by atoms with Crippen LogP contribution in [0.2, 0.25) is 0 Å². The van der Waals surface area contributed by atoms with Gasteiger partial charge in [0.2, 0.25) is 5.91 Å². The molecule has 1 fully saturated rings. The maximum atomic E-state index is 13.6. The fraction of sp³-hybridized carbons (Fsp3) is 0.417. The Kier molecular flexibility index (Phi) is 7.56. The summed E-state index contributed by atoms with van der Waals surface area (Å²) in [6, 6.07) is 5.00. The molecule has 5 nitrogen and oxygen atoms in total. The van der Waals surface area contributed by atoms with Crippen LogP contribution in [0.15, 0.2) is 36.4 Å². The summed E-state index contributed by atoms with van der Waals surface area (Å²) in [7, 11) is 1.26. The Morgan fingerprint density at radius 1 is 1.03 bits per heavy atom. The molecule has 196 valence electrons. The Morgan fingerprint density at radius 3 is 2.11 bits per heavy atom. The zero-order chi connectivity index (χ0) is 27.0. The van der Waals surface area contributed by atoms with E-state index in [-0.39, 0.29) is 31.1 Å². The molecule has 12 heteroatoms. The second kappa shape index (κ2) is 9.98. The van der Waals surface area contributed by atoms with E-state index in [1.54, 1.807) is 6.92 Å². The largest absolute Gasteiger partial charge is 0.465 e. The van der Waals surface area contributed by atoms with Crippen LogP contribution in [-0.4, -0.2) is 47.0 Å². The van der Waals surface area contributed by atoms with E-state index in [1.807, 2.05) is 0 Å². The van der Waals surface area contributed by atoms with Crippen LogP contribution in [0.1, 0.15) is 40.2 Å². The smallest absolute Gasteiger partial charge is 0.416 e. The Hall–Kier alpha value is -3.31. The number of rotatable bonds is 4. The van der Waals surface area contributed by atoms with Gasteiger partial charge in [-0.15, -0.1) is 0 Å². The topological polar surface area (TPSA) is 60.9 Å². The summed E-state index contributed by atoms with van der Waals surface area (Å²) < 4.78 is 92.9. The number of likely N-dealkylation sites (tertiary alicyclic amines) is 1. The normalized spacial score (nSPS) is 18.8. The number of alkyl halides is 6. The number of carbonyl (C=O) groups excluding carboxylic acids is 1. The van der Waals surface area contributed by atoms with Gasteiger partial charge in [0.1, 0.15) is 5.82 Å². The number of piperidine rings is 1. The summed E-state index contributed by atoms with van der Waals surface area (Å²) in [6.45, 7) is 1.01. The third-order valence-electron chi connectivity index (χ3n) is 6.28. The van der Waals surface area contributed by atoms with Gasteiger partial charge in [-0.05, 0) is 60.4 Å². The van der Waals surface area contributed by atoms with Crippen molar-refractivity contribution in [2.75, 3.05) is 20.1 Å². The number of hydrogen-bond donors (Lipinski definition) is 1. The molecule has 2 aromatic carbocycles. The van der Waals surface area contributed by atoms with Crippen molar-refractivity contribution in [3.63, 3.8) is 0 Å². The molecule has 0 unspecified atom stereocenters. The average Bonchev–Trinajstić information content (AvgIpc) is 2.76. The Balaban J connectivity index is 1.92. The molecule has 2 amide bonds. The summed E-state index contributed by atoms with van der Waals surface area (Å²) in [5.74, 6) is -2.59. The van der Waals surface area contributed by atoms with E-state index in [0.29, 0.717) is 23.3 Å². The molecule has 0 bridgehead atoms. The molecule has 0 spiro atoms. The highest BCUT2D eigenvalue weighted by Crippen LogP contribution is 2.38. The minimum absolute atomic E-state index is 0.0120. The van der Waals surface area contributed by atoms with Gasteiger partial charge >= 0.3 is 18.4 Å². The van der Waals surface area contributed by atoms with E-state index in [2.05, 4.69) is 0 Å². The molecule has 0 aliphatic carbocycles. The minimum Gasteiger partial charge on any atom is -0.465 e. The number of carbonyl (C=O) groups is 2. The van der Waals surface area contributed by atoms with Gasteiger partial charge in [0.15, 0.2) is 0 Å². The molecule has 2 aromatic rings. The summed E-state index contributed by atoms with van der Waals surface area (Å²) in [5, 5.41) is 9.42. The Morgan fingerprint density at radius 2 is 1.61 bits per heavy atom. The summed E-state index contributed by atoms with van der Waals surface area (Å²) in [4.78, 5) is 27.0. The highest BCUT2D eigenvalue weighted by molar-refractivity contribution is 5.80. The molecule has 2 atom stereocenters. The molecule has 1 heterocycles. The second-order valence-electron chi connectivity index (χ2n) is 8.84. The minimum atomic E-state index is -5.02. The van der Waals surface area contributed by atoms with Crippen molar-refractivity contribution in [2.45, 2.75) is 38.2 Å². The fourth-order valence-electron chi connectivity index (χ4n) is 4.54. The first-order chi connectivity index (χ1) is 16.6. The number of halogens is 7. The maximum absolute atomic E-state index is 13.6. The second-order valence-corrected chi connectivity index (χ2v) is 8.84. The summed E-state index contributed by atoms with van der Waals surface area (Å²) in [5.41, 5.74) is -2.30. The molecule has 1 aliphatic rings. The molecule has 36 heavy (non-hydrogen) atoms. The molecule has 3 rings (SSSR count). The van der Waals surface area contributed by atoms with Crippen molar-refractivity contribution in [3.8, 4) is 0 Å². The van der Waals surface area contributed by atoms with Crippen LogP contribution < -0.4 is 0 Å². The van der Waals surface area contributed by atoms with Gasteiger partial charge < -0.3 is 14.9 Å². The van der Waals surface area contributed by atoms with Crippen molar-refractivity contribution in [3.05, 3.63) is 70.0 Å². The van der Waals surface area contributed by atoms with Gasteiger partial charge in [0.25, 0.3) is 0 Å². The molecular formula is C24H23F7N2O3. The van der Waals surface area contributed by atoms with Crippen LogP contribution in [0.5, 0.6) is 0 Å². The molecule has 0 radical (unpaired) electrons. The first-order valence-electron chi connectivity index (χ1n) is 10.8. The number of benzene rings is 2. The Labute approximate surface area is 202 Å². The number of amides is 2. The van der Waals surface area contributed by atoms with Gasteiger partial charge in [-0.2, -0.15) is 26.3 Å². The van der Waals surface area contributed by atoms with E-state index in [9.17, 15) is 45.4 Å². The van der Waals surface area contributed by atoms with Gasteiger partial charge in [0, 0.05) is 38.5 Å². The molecular weight excluding hydrogens is 497 g/mol. The number of nitrogens with zero attached hydrogens (tertiary/aromatic N) is 2. The molecule has 1 saturated heterocycles. The predicted octanol–water partition coefficient (Wildman–Crippen LogP) is 5.91. The van der Waals surface area contributed by atoms with E-state index in [4.69, 9.17) is 0 Å². The van der Waals surface area contributed by atoms with E-state index < -0.39 is 59.7 Å². The standard InChI is InChI=1S/C24H23F7N2O3/c1-13-7-17(25)3-4-18(13)20-12-33(22(35)36)6-5-19(20)21(34)32(2)11-14-8-15(23(26,27)28)10-16(9-14)24(29,30)31/h3-4,7-10,19-20H,5-6,11-12H2,1-2H3,(H,35,36)/t19-,20+/m1/s1. The van der Waals surface area contributed by atoms with E-state index in [0.717, 1.165) is 9.80 Å². The van der Waals surface area contributed by atoms with Gasteiger partial charge in [0.05, 0.1) is 11.1 Å². The van der Waals surface area contributed by atoms with Crippen molar-refractivity contribution >= 4 is 12.0 Å². The molecule has 1 aliphatic heterocycles. The lowest BCUT2D eigenvalue weighted by Gasteiger charge is -2.39. The molecule has 0 aromatic heterocycles. The van der Waals surface area contributed by atoms with Crippen LogP contribution in [0.3, 0.4) is 0 Å². The molecule has 0 saturated carbocycles. The highest BCUT2D eigenvalue weighted by atomic mass is 19.4. The number of aryl methyl sites for hydroxylation is 1. The van der Waals surface area contributed by atoms with E-state index in [1.165, 1.54) is 25.2 Å². The van der Waals surface area contributed by atoms with Crippen LogP contribution in [-0.2, 0) is 23.7 Å². The van der Waals surface area contributed by atoms with E-state index >= 15 is 0 Å². The van der Waals surface area contributed by atoms with Crippen LogP contribution >= 0.6 is 0 Å². The quantitative estimate of drug-likeness (QED) is 0.510. The highest BCUT2D eigenvalue weighted by Gasteiger charge is 2.40. The lowest BCUT2D eigenvalue weighted by Crippen LogP contribution is -2.47. The average molecular weight is 520 g/mol. The first-order valence-corrected chi connectivity index (χ1v) is 10.8. The van der Waals surface area contributed by atoms with Crippen molar-refractivity contribution < 1.29 is 45.4 Å². The van der Waals surface area contributed by atoms with Crippen LogP contribution in [0.4, 0.5) is 35.5 Å². The van der Waals surface area contributed by atoms with Gasteiger partial charge in [-0.25, -0.2) is 9.18 Å². The van der Waals surface area contributed by atoms with Crippen molar-refractivity contribution in [1.82, 2.24) is 9.80 Å². The lowest BCUT2D eigenvalue weighted by molar-refractivity contribution is -0.143. The fourth-order valence-corrected chi connectivity index (χ4v) is 4.54. The van der Waals surface area contributed by atoms with Gasteiger partial charge in [-0.1, -0.05) is 6.07 Å². The first kappa shape index (κ1) is 27.3. The number of carboxylic acid groups (broad SMARTS) is 1. The zero-order valence-electron chi connectivity index (χ0n) is 19.3. The number of hydrogen-bond acceptors (Lipinski definition) is 2. The van der Waals surface area contributed by atoms with Crippen molar-refractivity contribution in [2.24, 2.45) is 5.92 Å². The zero-order valence-corrected chi connectivity index (χ0v) is 19.3. The van der Waals surface area contributed by atoms with Gasteiger partial charge in [-0.3, -0.25) is 4.79 Å². The maximum Gasteiger partial charge on any atom is 0.416 e. The SMILES string of the molecule is Cc1cc(F)ccc1[C@@H]1CN(C(=O)O)CC[C@H]1C(=O)N(C)Cc1cc(C(F)(F)F)cc(C(F)(F)F)c1. The third-order valence-corrected chi connectivity index (χ3v) is 6.28. The third kappa shape index (κ3) is 6.08. The Bertz CT molecular complexity index is 1120. The van der Waals surface area contributed by atoms with Crippen LogP contribution in [0, 0.1) is 18.7 Å². The summed E-state index contributed by atoms with van der Waals surface area (Å²) in [6.07, 6.45) is -11.2. The van der Waals surface area contributed by atoms with Crippen molar-refractivity contribution in [1.29, 1.82) is 0 Å². The predicted molar refractivity (Wildman–Crippen MR) is 115 cm³/mol. The lowest BCUT2D eigenvalue weighted by atomic mass is 9.78. The van der Waals surface area contributed by atoms with Crippen LogP contribution in [0.25, 0.3) is 0 Å². The summed E-state index contributed by atoms with van der Waals surface area (Å²) >= 11 is 0. The monoisotopic (exact) mass is 520 g/mol.